The minimum Gasteiger partial charge on any atom is -0.321 e. The smallest absolute Gasteiger partial charge is 0.321 e. The first kappa shape index (κ1) is 17.4. The van der Waals surface area contributed by atoms with Gasteiger partial charge in [-0.2, -0.15) is 13.2 Å². The lowest BCUT2D eigenvalue weighted by Gasteiger charge is -2.13. The van der Waals surface area contributed by atoms with Gasteiger partial charge < -0.3 is 5.32 Å². The molecule has 2 aromatic rings. The highest BCUT2D eigenvalue weighted by molar-refractivity contribution is 7.99. The molecule has 0 fully saturated rings. The summed E-state index contributed by atoms with van der Waals surface area (Å²) >= 11 is 0.659. The van der Waals surface area contributed by atoms with E-state index in [1.807, 2.05) is 19.9 Å². The highest BCUT2D eigenvalue weighted by atomic mass is 32.2. The standard InChI is InChI=1S/C17H16F3NOS/c1-11-6-5-7-13(12(11)2)16(22)21-14-8-3-4-9-15(14)23-10-17(18,19)20/h3-9H,10H2,1-2H3,(H,21,22). The summed E-state index contributed by atoms with van der Waals surface area (Å²) in [4.78, 5) is 12.8. The number of thioether (sulfide) groups is 1. The number of carbonyl (C=O) groups excluding carboxylic acids is 1. The third-order valence-corrected chi connectivity index (χ3v) is 4.51. The lowest BCUT2D eigenvalue weighted by atomic mass is 10.0. The molecule has 0 heterocycles. The number of nitrogens with one attached hydrogen (secondary N) is 1. The first-order valence-corrected chi connectivity index (χ1v) is 7.92. The van der Waals surface area contributed by atoms with Crippen LogP contribution in [-0.4, -0.2) is 17.8 Å². The van der Waals surface area contributed by atoms with Gasteiger partial charge in [0.05, 0.1) is 11.4 Å². The molecular weight excluding hydrogens is 323 g/mol. The number of hydrogen-bond acceptors (Lipinski definition) is 2. The second-order valence-corrected chi connectivity index (χ2v) is 6.12. The van der Waals surface area contributed by atoms with Crippen LogP contribution in [0.1, 0.15) is 21.5 Å². The normalized spacial score (nSPS) is 11.3. The third-order valence-electron chi connectivity index (χ3n) is 3.38. The second kappa shape index (κ2) is 7.08. The van der Waals surface area contributed by atoms with Gasteiger partial charge in [0.1, 0.15) is 0 Å². The molecule has 0 saturated carbocycles. The zero-order valence-electron chi connectivity index (χ0n) is 12.7. The molecule has 2 nitrogen and oxygen atoms in total. The number of para-hydroxylation sites is 1. The average Bonchev–Trinajstić information content (AvgIpc) is 2.48. The Bertz CT molecular complexity index is 713. The van der Waals surface area contributed by atoms with Crippen molar-refractivity contribution in [2.45, 2.75) is 24.9 Å². The fraction of sp³-hybridized carbons (Fsp3) is 0.235. The number of alkyl halides is 3. The second-order valence-electron chi connectivity index (χ2n) is 5.10. The topological polar surface area (TPSA) is 29.1 Å². The Balaban J connectivity index is 2.20. The molecule has 0 saturated heterocycles. The minimum absolute atomic E-state index is 0.328. The largest absolute Gasteiger partial charge is 0.398 e. The van der Waals surface area contributed by atoms with Crippen LogP contribution in [-0.2, 0) is 0 Å². The minimum atomic E-state index is -4.26. The van der Waals surface area contributed by atoms with Gasteiger partial charge in [-0.1, -0.05) is 24.3 Å². The number of carbonyl (C=O) groups is 1. The van der Waals surface area contributed by atoms with Crippen molar-refractivity contribution >= 4 is 23.4 Å². The Kier molecular flexibility index (Phi) is 5.36. The summed E-state index contributed by atoms with van der Waals surface area (Å²) in [6, 6.07) is 11.9. The zero-order chi connectivity index (χ0) is 17.0. The summed E-state index contributed by atoms with van der Waals surface area (Å²) in [5.41, 5.74) is 2.73. The number of benzene rings is 2. The molecule has 0 aliphatic carbocycles. The van der Waals surface area contributed by atoms with Gasteiger partial charge in [0, 0.05) is 10.5 Å². The Morgan fingerprint density at radius 2 is 1.78 bits per heavy atom. The van der Waals surface area contributed by atoms with Crippen molar-refractivity contribution < 1.29 is 18.0 Å². The molecule has 1 N–H and O–H groups in total. The maximum Gasteiger partial charge on any atom is 0.398 e. The van der Waals surface area contributed by atoms with Gasteiger partial charge in [0.15, 0.2) is 0 Å². The van der Waals surface area contributed by atoms with Gasteiger partial charge >= 0.3 is 6.18 Å². The number of anilines is 1. The van der Waals surface area contributed by atoms with Gasteiger partial charge in [-0.3, -0.25) is 4.79 Å². The van der Waals surface area contributed by atoms with Crippen LogP contribution in [0.4, 0.5) is 18.9 Å². The number of halogens is 3. The van der Waals surface area contributed by atoms with E-state index in [-0.39, 0.29) is 5.91 Å². The van der Waals surface area contributed by atoms with Crippen LogP contribution in [0.5, 0.6) is 0 Å². The molecule has 0 aliphatic heterocycles. The van der Waals surface area contributed by atoms with E-state index in [4.69, 9.17) is 0 Å². The molecule has 2 rings (SSSR count). The Hall–Kier alpha value is -1.95. The van der Waals surface area contributed by atoms with Gasteiger partial charge in [-0.15, -0.1) is 11.8 Å². The molecule has 0 bridgehead atoms. The number of hydrogen-bond donors (Lipinski definition) is 1. The van der Waals surface area contributed by atoms with Gasteiger partial charge in [0.2, 0.25) is 0 Å². The molecule has 2 aromatic carbocycles. The van der Waals surface area contributed by atoms with Crippen LogP contribution in [0.25, 0.3) is 0 Å². The molecule has 1 amide bonds. The van der Waals surface area contributed by atoms with E-state index in [1.165, 1.54) is 0 Å². The fourth-order valence-corrected chi connectivity index (χ4v) is 2.81. The summed E-state index contributed by atoms with van der Waals surface area (Å²) in [5.74, 6) is -1.32. The van der Waals surface area contributed by atoms with Crippen LogP contribution < -0.4 is 5.32 Å². The molecule has 0 aromatic heterocycles. The SMILES string of the molecule is Cc1cccc(C(=O)Nc2ccccc2SCC(F)(F)F)c1C. The number of rotatable bonds is 4. The van der Waals surface area contributed by atoms with Crippen molar-refractivity contribution in [1.29, 1.82) is 0 Å². The maximum absolute atomic E-state index is 12.4. The van der Waals surface area contributed by atoms with E-state index in [1.54, 1.807) is 36.4 Å². The number of amides is 1. The average molecular weight is 339 g/mol. The molecule has 0 radical (unpaired) electrons. The zero-order valence-corrected chi connectivity index (χ0v) is 13.5. The van der Waals surface area contributed by atoms with E-state index < -0.39 is 11.9 Å². The summed E-state index contributed by atoms with van der Waals surface area (Å²) in [5, 5.41) is 2.70. The van der Waals surface area contributed by atoms with Crippen LogP contribution in [0.15, 0.2) is 47.4 Å². The lowest BCUT2D eigenvalue weighted by molar-refractivity contribution is -0.105. The molecule has 0 unspecified atom stereocenters. The molecule has 0 spiro atoms. The van der Waals surface area contributed by atoms with Crippen molar-refractivity contribution in [1.82, 2.24) is 0 Å². The first-order valence-electron chi connectivity index (χ1n) is 6.94. The van der Waals surface area contributed by atoms with Crippen molar-refractivity contribution in [3.63, 3.8) is 0 Å². The quantitative estimate of drug-likeness (QED) is 0.775. The summed E-state index contributed by atoms with van der Waals surface area (Å²) < 4.78 is 37.2. The first-order chi connectivity index (χ1) is 10.8. The predicted octanol–water partition coefficient (Wildman–Crippen LogP) is 5.21. The molecule has 0 atom stereocenters. The Morgan fingerprint density at radius 1 is 1.09 bits per heavy atom. The Morgan fingerprint density at radius 3 is 2.48 bits per heavy atom. The van der Waals surface area contributed by atoms with Gasteiger partial charge in [-0.05, 0) is 43.2 Å². The van der Waals surface area contributed by atoms with E-state index in [2.05, 4.69) is 5.32 Å². The maximum atomic E-state index is 12.4. The molecule has 6 heteroatoms. The third kappa shape index (κ3) is 4.76. The van der Waals surface area contributed by atoms with Gasteiger partial charge in [0.25, 0.3) is 5.91 Å². The van der Waals surface area contributed by atoms with E-state index in [0.29, 0.717) is 27.9 Å². The fourth-order valence-electron chi connectivity index (χ4n) is 2.04. The van der Waals surface area contributed by atoms with E-state index in [0.717, 1.165) is 11.1 Å². The monoisotopic (exact) mass is 339 g/mol. The van der Waals surface area contributed by atoms with Crippen LogP contribution in [0, 0.1) is 13.8 Å². The van der Waals surface area contributed by atoms with Gasteiger partial charge in [-0.25, -0.2) is 0 Å². The summed E-state index contributed by atoms with van der Waals surface area (Å²) in [6.45, 7) is 3.74. The molecule has 122 valence electrons. The van der Waals surface area contributed by atoms with Crippen LogP contribution in [0.3, 0.4) is 0 Å². The summed E-state index contributed by atoms with van der Waals surface area (Å²) in [7, 11) is 0. The molecule has 0 aliphatic rings. The number of aryl methyl sites for hydroxylation is 1. The van der Waals surface area contributed by atoms with E-state index >= 15 is 0 Å². The molecule has 23 heavy (non-hydrogen) atoms. The van der Waals surface area contributed by atoms with Crippen molar-refractivity contribution in [3.8, 4) is 0 Å². The van der Waals surface area contributed by atoms with Crippen molar-refractivity contribution in [2.75, 3.05) is 11.1 Å². The predicted molar refractivity (Wildman–Crippen MR) is 87.1 cm³/mol. The highest BCUT2D eigenvalue weighted by Crippen LogP contribution is 2.32. The van der Waals surface area contributed by atoms with Crippen molar-refractivity contribution in [3.05, 3.63) is 59.2 Å². The van der Waals surface area contributed by atoms with Crippen LogP contribution >= 0.6 is 11.8 Å². The van der Waals surface area contributed by atoms with Crippen molar-refractivity contribution in [2.24, 2.45) is 0 Å². The Labute approximate surface area is 137 Å². The lowest BCUT2D eigenvalue weighted by Crippen LogP contribution is -2.15. The molecular formula is C17H16F3NOS. The highest BCUT2D eigenvalue weighted by Gasteiger charge is 2.27. The summed E-state index contributed by atoms with van der Waals surface area (Å²) in [6.07, 6.45) is -4.26. The van der Waals surface area contributed by atoms with Crippen LogP contribution in [0.2, 0.25) is 0 Å². The van der Waals surface area contributed by atoms with E-state index in [9.17, 15) is 18.0 Å².